The van der Waals surface area contributed by atoms with Crippen LogP contribution in [0.25, 0.3) is 0 Å². The molecule has 0 fully saturated rings. The zero-order valence-corrected chi connectivity index (χ0v) is 8.12. The van der Waals surface area contributed by atoms with E-state index in [0.717, 1.165) is 12.0 Å². The van der Waals surface area contributed by atoms with Crippen LogP contribution in [0.5, 0.6) is 0 Å². The van der Waals surface area contributed by atoms with Gasteiger partial charge >= 0.3 is 5.97 Å². The van der Waals surface area contributed by atoms with Crippen molar-refractivity contribution in [2.75, 3.05) is 13.7 Å². The van der Waals surface area contributed by atoms with Gasteiger partial charge in [-0.05, 0) is 18.2 Å². The van der Waals surface area contributed by atoms with Crippen LogP contribution in [0.15, 0.2) is 24.3 Å². The number of rotatable bonds is 1. The average molecular weight is 191 g/mol. The highest BCUT2D eigenvalue weighted by atomic mass is 16.5. The van der Waals surface area contributed by atoms with Gasteiger partial charge in [0.2, 0.25) is 0 Å². The quantitative estimate of drug-likeness (QED) is 0.674. The fourth-order valence-corrected chi connectivity index (χ4v) is 1.79. The molecule has 0 amide bonds. The summed E-state index contributed by atoms with van der Waals surface area (Å²) in [5.74, 6) is -0.183. The Balaban J connectivity index is 2.44. The average Bonchev–Trinajstić information content (AvgIpc) is 2.36. The van der Waals surface area contributed by atoms with Crippen molar-refractivity contribution >= 4 is 5.97 Å². The molecule has 74 valence electrons. The van der Waals surface area contributed by atoms with Gasteiger partial charge in [0.25, 0.3) is 0 Å². The molecule has 1 unspecified atom stereocenters. The Kier molecular flexibility index (Phi) is 2.50. The highest BCUT2D eigenvalue weighted by molar-refractivity contribution is 5.78. The van der Waals surface area contributed by atoms with Gasteiger partial charge in [-0.2, -0.15) is 0 Å². The number of ether oxygens (including phenoxy) is 1. The molecule has 0 radical (unpaired) electrons. The molecule has 14 heavy (non-hydrogen) atoms. The highest BCUT2D eigenvalue weighted by Gasteiger charge is 2.25. The molecule has 3 nitrogen and oxygen atoms in total. The lowest BCUT2D eigenvalue weighted by Gasteiger charge is -2.13. The van der Waals surface area contributed by atoms with Crippen LogP contribution >= 0.6 is 0 Å². The Hall–Kier alpha value is -1.35. The van der Waals surface area contributed by atoms with E-state index in [0.29, 0.717) is 6.61 Å². The predicted molar refractivity (Wildman–Crippen MR) is 52.9 cm³/mol. The summed E-state index contributed by atoms with van der Waals surface area (Å²) in [5.41, 5.74) is 2.23. The first kappa shape index (κ1) is 9.21. The summed E-state index contributed by atoms with van der Waals surface area (Å²) in [5, 5.41) is 2.98. The minimum Gasteiger partial charge on any atom is -0.464 e. The molecule has 0 spiro atoms. The molecular weight excluding hydrogens is 178 g/mol. The highest BCUT2D eigenvalue weighted by Crippen LogP contribution is 2.22. The lowest BCUT2D eigenvalue weighted by molar-refractivity contribution is -0.145. The molecule has 0 bridgehead atoms. The Morgan fingerprint density at radius 2 is 2.21 bits per heavy atom. The maximum Gasteiger partial charge on any atom is 0.327 e. The third-order valence-electron chi connectivity index (χ3n) is 2.51. The smallest absolute Gasteiger partial charge is 0.327 e. The third kappa shape index (κ3) is 1.51. The minimum atomic E-state index is -0.311. The second-order valence-electron chi connectivity index (χ2n) is 3.34. The maximum absolute atomic E-state index is 11.5. The lowest BCUT2D eigenvalue weighted by Crippen LogP contribution is -2.26. The summed E-state index contributed by atoms with van der Waals surface area (Å²) in [4.78, 5) is 11.5. The topological polar surface area (TPSA) is 38.3 Å². The number of hydrogen-bond donors (Lipinski definition) is 1. The van der Waals surface area contributed by atoms with E-state index in [4.69, 9.17) is 4.74 Å². The molecule has 0 aromatic heterocycles. The molecule has 1 atom stereocenters. The number of cyclic esters (lactones) is 1. The van der Waals surface area contributed by atoms with Crippen molar-refractivity contribution in [3.05, 3.63) is 35.4 Å². The van der Waals surface area contributed by atoms with Crippen molar-refractivity contribution in [1.82, 2.24) is 5.32 Å². The second kappa shape index (κ2) is 3.80. The van der Waals surface area contributed by atoms with Gasteiger partial charge in [0.05, 0.1) is 6.61 Å². The van der Waals surface area contributed by atoms with E-state index in [1.54, 1.807) is 7.05 Å². The van der Waals surface area contributed by atoms with E-state index in [2.05, 4.69) is 5.32 Å². The van der Waals surface area contributed by atoms with Gasteiger partial charge in [-0.25, -0.2) is 4.79 Å². The Morgan fingerprint density at radius 1 is 1.43 bits per heavy atom. The van der Waals surface area contributed by atoms with Crippen molar-refractivity contribution in [2.24, 2.45) is 0 Å². The van der Waals surface area contributed by atoms with Crippen molar-refractivity contribution in [3.63, 3.8) is 0 Å². The first-order valence-electron chi connectivity index (χ1n) is 4.74. The second-order valence-corrected chi connectivity index (χ2v) is 3.34. The van der Waals surface area contributed by atoms with E-state index in [1.807, 2.05) is 24.3 Å². The third-order valence-corrected chi connectivity index (χ3v) is 2.51. The Bertz CT molecular complexity index is 349. The van der Waals surface area contributed by atoms with E-state index < -0.39 is 0 Å². The molecular formula is C11H13NO2. The number of nitrogens with one attached hydrogen (secondary N) is 1. The van der Waals surface area contributed by atoms with Gasteiger partial charge in [0.15, 0.2) is 0 Å². The number of benzene rings is 1. The van der Waals surface area contributed by atoms with Gasteiger partial charge in [-0.3, -0.25) is 0 Å². The maximum atomic E-state index is 11.5. The molecule has 1 aromatic rings. The molecule has 1 aromatic carbocycles. The minimum absolute atomic E-state index is 0.183. The van der Waals surface area contributed by atoms with Crippen molar-refractivity contribution in [2.45, 2.75) is 12.5 Å². The summed E-state index contributed by atoms with van der Waals surface area (Å²) in [6.45, 7) is 0.480. The normalized spacial score (nSPS) is 20.9. The summed E-state index contributed by atoms with van der Waals surface area (Å²) in [6, 6.07) is 7.64. The predicted octanol–water partition coefficient (Wildman–Crippen LogP) is 1.05. The standard InChI is InChI=1S/C11H13NO2/c1-12-10-9-5-3-2-4-8(9)6-7-14-11(10)13/h2-5,10,12H,6-7H2,1H3. The lowest BCUT2D eigenvalue weighted by atomic mass is 9.99. The SMILES string of the molecule is CNC1C(=O)OCCc2ccccc21. The Morgan fingerprint density at radius 3 is 3.00 bits per heavy atom. The number of likely N-dealkylation sites (N-methyl/N-ethyl adjacent to an activating group) is 1. The van der Waals surface area contributed by atoms with Crippen LogP contribution in [0.3, 0.4) is 0 Å². The van der Waals surface area contributed by atoms with Crippen LogP contribution in [0.1, 0.15) is 17.2 Å². The number of carbonyl (C=O) groups excluding carboxylic acids is 1. The van der Waals surface area contributed by atoms with Gasteiger partial charge < -0.3 is 10.1 Å². The van der Waals surface area contributed by atoms with Gasteiger partial charge in [0, 0.05) is 6.42 Å². The van der Waals surface area contributed by atoms with Crippen LogP contribution in [-0.2, 0) is 16.0 Å². The zero-order valence-electron chi connectivity index (χ0n) is 8.12. The molecule has 1 aliphatic heterocycles. The molecule has 0 aliphatic carbocycles. The monoisotopic (exact) mass is 191 g/mol. The molecule has 1 N–H and O–H groups in total. The summed E-state index contributed by atoms with van der Waals surface area (Å²) in [7, 11) is 1.77. The van der Waals surface area contributed by atoms with E-state index in [-0.39, 0.29) is 12.0 Å². The van der Waals surface area contributed by atoms with E-state index in [9.17, 15) is 4.79 Å². The number of fused-ring (bicyclic) bond motifs is 1. The fourth-order valence-electron chi connectivity index (χ4n) is 1.79. The van der Waals surface area contributed by atoms with Gasteiger partial charge in [0.1, 0.15) is 6.04 Å². The van der Waals surface area contributed by atoms with Crippen LogP contribution in [0.4, 0.5) is 0 Å². The molecule has 1 heterocycles. The van der Waals surface area contributed by atoms with Crippen molar-refractivity contribution in [1.29, 1.82) is 0 Å². The van der Waals surface area contributed by atoms with Crippen molar-refractivity contribution < 1.29 is 9.53 Å². The molecule has 2 rings (SSSR count). The molecule has 3 heteroatoms. The van der Waals surface area contributed by atoms with Gasteiger partial charge in [-0.1, -0.05) is 24.3 Å². The summed E-state index contributed by atoms with van der Waals surface area (Å²) >= 11 is 0. The van der Waals surface area contributed by atoms with Crippen LogP contribution < -0.4 is 5.32 Å². The number of carbonyl (C=O) groups is 1. The van der Waals surface area contributed by atoms with Crippen LogP contribution in [0.2, 0.25) is 0 Å². The summed E-state index contributed by atoms with van der Waals surface area (Å²) in [6.07, 6.45) is 0.806. The summed E-state index contributed by atoms with van der Waals surface area (Å²) < 4.78 is 5.09. The van der Waals surface area contributed by atoms with Crippen LogP contribution in [-0.4, -0.2) is 19.6 Å². The molecule has 0 saturated heterocycles. The van der Waals surface area contributed by atoms with E-state index in [1.165, 1.54) is 5.56 Å². The van der Waals surface area contributed by atoms with Crippen LogP contribution in [0, 0.1) is 0 Å². The number of esters is 1. The molecule has 1 aliphatic rings. The largest absolute Gasteiger partial charge is 0.464 e. The Labute approximate surface area is 83.1 Å². The number of hydrogen-bond acceptors (Lipinski definition) is 3. The van der Waals surface area contributed by atoms with E-state index >= 15 is 0 Å². The fraction of sp³-hybridized carbons (Fsp3) is 0.364. The van der Waals surface area contributed by atoms with Gasteiger partial charge in [-0.15, -0.1) is 0 Å². The first-order chi connectivity index (χ1) is 6.83. The zero-order chi connectivity index (χ0) is 9.97. The first-order valence-corrected chi connectivity index (χ1v) is 4.74. The molecule has 0 saturated carbocycles. The van der Waals surface area contributed by atoms with Crippen molar-refractivity contribution in [3.8, 4) is 0 Å².